The molecule has 0 unspecified atom stereocenters. The molecule has 124 valence electrons. The van der Waals surface area contributed by atoms with Gasteiger partial charge in [-0.15, -0.1) is 0 Å². The highest BCUT2D eigenvalue weighted by Crippen LogP contribution is 2.24. The Labute approximate surface area is 138 Å². The average Bonchev–Trinajstić information content (AvgIpc) is 2.82. The highest BCUT2D eigenvalue weighted by molar-refractivity contribution is 6.33. The summed E-state index contributed by atoms with van der Waals surface area (Å²) in [5.41, 5.74) is 0.737. The molecule has 0 aliphatic carbocycles. The highest BCUT2D eigenvalue weighted by Gasteiger charge is 2.33. The Kier molecular flexibility index (Phi) is 5.13. The number of aromatic nitrogens is 1. The molecule has 0 bridgehead atoms. The van der Waals surface area contributed by atoms with Gasteiger partial charge in [0.1, 0.15) is 17.3 Å². The van der Waals surface area contributed by atoms with Crippen molar-refractivity contribution < 1.29 is 19.4 Å². The second-order valence-electron chi connectivity index (χ2n) is 5.30. The van der Waals surface area contributed by atoms with E-state index in [4.69, 9.17) is 26.7 Å². The van der Waals surface area contributed by atoms with Gasteiger partial charge >= 0.3 is 6.09 Å². The summed E-state index contributed by atoms with van der Waals surface area (Å²) in [5.74, 6) is -0.465. The van der Waals surface area contributed by atoms with Gasteiger partial charge in [-0.3, -0.25) is 4.79 Å². The molecule has 2 rings (SSSR count). The number of rotatable bonds is 3. The minimum atomic E-state index is -1.02. The van der Waals surface area contributed by atoms with Crippen molar-refractivity contribution in [1.82, 2.24) is 15.2 Å². The Bertz CT molecular complexity index is 666. The van der Waals surface area contributed by atoms with E-state index in [1.165, 1.54) is 12.0 Å². The van der Waals surface area contributed by atoms with Crippen molar-refractivity contribution in [2.75, 3.05) is 20.2 Å². The summed E-state index contributed by atoms with van der Waals surface area (Å²) in [6, 6.07) is 1.56. The largest absolute Gasteiger partial charge is 0.465 e. The molecule has 8 nitrogen and oxygen atoms in total. The Morgan fingerprint density at radius 3 is 2.83 bits per heavy atom. The Balaban J connectivity index is 2.13. The van der Waals surface area contributed by atoms with Crippen LogP contribution < -0.4 is 5.32 Å². The molecular formula is C14H17ClN4O4. The molecule has 1 aliphatic heterocycles. The van der Waals surface area contributed by atoms with E-state index in [9.17, 15) is 9.59 Å². The van der Waals surface area contributed by atoms with Gasteiger partial charge in [-0.25, -0.2) is 4.79 Å². The van der Waals surface area contributed by atoms with Crippen LogP contribution in [0.2, 0.25) is 5.02 Å². The number of nitriles is 1. The maximum atomic E-state index is 12.4. The third-order valence-corrected chi connectivity index (χ3v) is 4.37. The minimum Gasteiger partial charge on any atom is -0.465 e. The van der Waals surface area contributed by atoms with Crippen LogP contribution in [0.4, 0.5) is 4.79 Å². The summed E-state index contributed by atoms with van der Waals surface area (Å²) in [6.07, 6.45) is -1.05. The van der Waals surface area contributed by atoms with E-state index in [2.05, 4.69) is 10.3 Å². The fraction of sp³-hybridized carbons (Fsp3) is 0.500. The Morgan fingerprint density at radius 1 is 1.57 bits per heavy atom. The molecule has 1 saturated heterocycles. The van der Waals surface area contributed by atoms with Crippen LogP contribution in [0.1, 0.15) is 28.2 Å². The number of amides is 2. The van der Waals surface area contributed by atoms with Crippen LogP contribution in [-0.2, 0) is 4.74 Å². The predicted octanol–water partition coefficient (Wildman–Crippen LogP) is 1.35. The molecule has 2 amide bonds. The fourth-order valence-electron chi connectivity index (χ4n) is 2.61. The first kappa shape index (κ1) is 17.1. The first-order valence-corrected chi connectivity index (χ1v) is 7.36. The number of aryl methyl sites for hydroxylation is 1. The zero-order valence-corrected chi connectivity index (χ0v) is 13.5. The van der Waals surface area contributed by atoms with Gasteiger partial charge in [0.05, 0.1) is 23.7 Å². The van der Waals surface area contributed by atoms with Gasteiger partial charge < -0.3 is 25.0 Å². The van der Waals surface area contributed by atoms with Gasteiger partial charge in [0.15, 0.2) is 0 Å². The summed E-state index contributed by atoms with van der Waals surface area (Å²) < 4.78 is 5.29. The van der Waals surface area contributed by atoms with Crippen LogP contribution in [0.25, 0.3) is 0 Å². The summed E-state index contributed by atoms with van der Waals surface area (Å²) in [6.45, 7) is 2.14. The molecule has 0 radical (unpaired) electrons. The number of hydrogen-bond acceptors (Lipinski definition) is 4. The van der Waals surface area contributed by atoms with Crippen molar-refractivity contribution >= 4 is 23.6 Å². The molecule has 1 aliphatic rings. The van der Waals surface area contributed by atoms with Crippen molar-refractivity contribution in [3.8, 4) is 6.07 Å². The third-order valence-electron chi connectivity index (χ3n) is 3.90. The molecule has 2 atom stereocenters. The molecule has 0 saturated carbocycles. The second kappa shape index (κ2) is 6.89. The standard InChI is InChI=1S/C14H17ClN4O4/c1-7-11(15)8(5-16)12(17-7)13(20)18-9-3-4-19(14(21)22)6-10(9)23-2/h9-10,17H,3-4,6H2,1-2H3,(H,18,20)(H,21,22)/t9-,10+/m1/s1. The summed E-state index contributed by atoms with van der Waals surface area (Å²) >= 11 is 5.98. The number of ether oxygens (including phenoxy) is 1. The Morgan fingerprint density at radius 2 is 2.26 bits per heavy atom. The van der Waals surface area contributed by atoms with Crippen molar-refractivity contribution in [1.29, 1.82) is 5.26 Å². The van der Waals surface area contributed by atoms with E-state index in [0.717, 1.165) is 0 Å². The van der Waals surface area contributed by atoms with Crippen molar-refractivity contribution in [2.24, 2.45) is 0 Å². The maximum absolute atomic E-state index is 12.4. The van der Waals surface area contributed by atoms with Gasteiger partial charge in [-0.2, -0.15) is 5.26 Å². The second-order valence-corrected chi connectivity index (χ2v) is 5.68. The van der Waals surface area contributed by atoms with Crippen LogP contribution in [0.5, 0.6) is 0 Å². The number of carbonyl (C=O) groups is 2. The highest BCUT2D eigenvalue weighted by atomic mass is 35.5. The maximum Gasteiger partial charge on any atom is 0.407 e. The van der Waals surface area contributed by atoms with Gasteiger partial charge in [-0.1, -0.05) is 11.6 Å². The molecule has 2 heterocycles. The van der Waals surface area contributed by atoms with Gasteiger partial charge in [0.25, 0.3) is 5.91 Å². The van der Waals surface area contributed by atoms with Crippen molar-refractivity contribution in [3.63, 3.8) is 0 Å². The monoisotopic (exact) mass is 340 g/mol. The number of nitrogens with one attached hydrogen (secondary N) is 2. The number of carbonyl (C=O) groups excluding carboxylic acids is 1. The lowest BCUT2D eigenvalue weighted by atomic mass is 10.0. The molecule has 1 aromatic rings. The van der Waals surface area contributed by atoms with Crippen LogP contribution in [0.3, 0.4) is 0 Å². The molecule has 23 heavy (non-hydrogen) atoms. The SMILES string of the molecule is CO[C@H]1CN(C(=O)O)CC[C@H]1NC(=O)c1[nH]c(C)c(Cl)c1C#N. The van der Waals surface area contributed by atoms with E-state index < -0.39 is 18.1 Å². The summed E-state index contributed by atoms with van der Waals surface area (Å²) in [4.78, 5) is 27.5. The molecular weight excluding hydrogens is 324 g/mol. The minimum absolute atomic E-state index is 0.0959. The van der Waals surface area contributed by atoms with E-state index >= 15 is 0 Å². The fourth-order valence-corrected chi connectivity index (χ4v) is 2.80. The first-order valence-electron chi connectivity index (χ1n) is 6.98. The van der Waals surface area contributed by atoms with Crippen molar-refractivity contribution in [2.45, 2.75) is 25.5 Å². The van der Waals surface area contributed by atoms with Crippen LogP contribution in [0, 0.1) is 18.3 Å². The normalized spacial score (nSPS) is 20.9. The third kappa shape index (κ3) is 3.41. The van der Waals surface area contributed by atoms with Crippen LogP contribution in [0.15, 0.2) is 0 Å². The quantitative estimate of drug-likeness (QED) is 0.767. The molecule has 1 aromatic heterocycles. The Hall–Kier alpha value is -2.24. The van der Waals surface area contributed by atoms with Crippen LogP contribution >= 0.6 is 11.6 Å². The first-order chi connectivity index (χ1) is 10.9. The molecule has 9 heteroatoms. The van der Waals surface area contributed by atoms with Crippen LogP contribution in [-0.4, -0.2) is 59.3 Å². The number of likely N-dealkylation sites (tertiary alicyclic amines) is 1. The molecule has 1 fully saturated rings. The number of aromatic amines is 1. The number of piperidine rings is 1. The van der Waals surface area contributed by atoms with E-state index in [1.807, 2.05) is 6.07 Å². The van der Waals surface area contributed by atoms with Gasteiger partial charge in [0.2, 0.25) is 0 Å². The van der Waals surface area contributed by atoms with Gasteiger partial charge in [-0.05, 0) is 13.3 Å². The van der Waals surface area contributed by atoms with E-state index in [1.54, 1.807) is 6.92 Å². The predicted molar refractivity (Wildman–Crippen MR) is 81.5 cm³/mol. The number of carboxylic acid groups (broad SMARTS) is 1. The van der Waals surface area contributed by atoms with Gasteiger partial charge in [0, 0.05) is 19.3 Å². The number of nitrogens with zero attached hydrogens (tertiary/aromatic N) is 2. The topological polar surface area (TPSA) is 118 Å². The summed E-state index contributed by atoms with van der Waals surface area (Å²) in [5, 5.41) is 21.2. The zero-order valence-electron chi connectivity index (χ0n) is 12.7. The van der Waals surface area contributed by atoms with E-state index in [0.29, 0.717) is 18.7 Å². The molecule has 0 aromatic carbocycles. The van der Waals surface area contributed by atoms with Crippen molar-refractivity contribution in [3.05, 3.63) is 22.0 Å². The number of halogens is 1. The molecule has 0 spiro atoms. The lowest BCUT2D eigenvalue weighted by Crippen LogP contribution is -2.55. The smallest absolute Gasteiger partial charge is 0.407 e. The lowest BCUT2D eigenvalue weighted by molar-refractivity contribution is 0.0101. The average molecular weight is 341 g/mol. The zero-order chi connectivity index (χ0) is 17.1. The lowest BCUT2D eigenvalue weighted by Gasteiger charge is -2.36. The number of hydrogen-bond donors (Lipinski definition) is 3. The van der Waals surface area contributed by atoms with E-state index in [-0.39, 0.29) is 28.9 Å². The molecule has 3 N–H and O–H groups in total. The number of methoxy groups -OCH3 is 1. The summed E-state index contributed by atoms with van der Waals surface area (Å²) in [7, 11) is 1.46. The number of H-pyrrole nitrogens is 1.